The molecule has 0 saturated heterocycles. The third kappa shape index (κ3) is 4.55. The van der Waals surface area contributed by atoms with Crippen molar-refractivity contribution in [1.82, 2.24) is 4.90 Å². The van der Waals surface area contributed by atoms with E-state index in [9.17, 15) is 5.11 Å². The minimum atomic E-state index is -0.0346. The molecule has 26 heavy (non-hydrogen) atoms. The molecule has 0 spiro atoms. The lowest BCUT2D eigenvalue weighted by Gasteiger charge is -2.38. The van der Waals surface area contributed by atoms with Crippen LogP contribution in [0.15, 0.2) is 60.7 Å². The molecular weight excluding hydrogens is 318 g/mol. The molecule has 0 unspecified atom stereocenters. The first-order valence-corrected chi connectivity index (χ1v) is 10.3. The van der Waals surface area contributed by atoms with E-state index in [0.717, 1.165) is 13.1 Å². The number of benzene rings is 2. The first-order chi connectivity index (χ1) is 12.8. The van der Waals surface area contributed by atoms with Crippen LogP contribution in [-0.2, 0) is 13.1 Å². The average Bonchev–Trinajstić information content (AvgIpc) is 3.54. The second-order valence-electron chi connectivity index (χ2n) is 8.27. The number of rotatable bonds is 7. The molecule has 2 aromatic rings. The summed E-state index contributed by atoms with van der Waals surface area (Å²) in [6, 6.07) is 22.3. The van der Waals surface area contributed by atoms with Gasteiger partial charge in [-0.25, -0.2) is 0 Å². The van der Waals surface area contributed by atoms with Crippen molar-refractivity contribution >= 4 is 0 Å². The fourth-order valence-corrected chi connectivity index (χ4v) is 4.58. The van der Waals surface area contributed by atoms with E-state index in [1.807, 2.05) is 0 Å². The van der Waals surface area contributed by atoms with Gasteiger partial charge < -0.3 is 5.11 Å². The van der Waals surface area contributed by atoms with Gasteiger partial charge in [0, 0.05) is 19.1 Å². The Morgan fingerprint density at radius 1 is 0.692 bits per heavy atom. The van der Waals surface area contributed by atoms with Crippen LogP contribution in [0.1, 0.15) is 49.7 Å². The van der Waals surface area contributed by atoms with Crippen LogP contribution in [0.25, 0.3) is 0 Å². The molecular formula is C24H31NO. The Kier molecular flexibility index (Phi) is 5.72. The zero-order valence-corrected chi connectivity index (χ0v) is 15.6. The maximum atomic E-state index is 10.5. The summed E-state index contributed by atoms with van der Waals surface area (Å²) in [4.78, 5) is 2.66. The van der Waals surface area contributed by atoms with Crippen LogP contribution >= 0.6 is 0 Å². The van der Waals surface area contributed by atoms with Crippen LogP contribution < -0.4 is 0 Å². The van der Waals surface area contributed by atoms with Gasteiger partial charge in [0.2, 0.25) is 0 Å². The Labute approximate surface area is 157 Å². The SMILES string of the molecule is O[C@@H](C1CC1)C1CCC(N(Cc2ccccc2)Cc2ccccc2)CC1. The highest BCUT2D eigenvalue weighted by atomic mass is 16.3. The van der Waals surface area contributed by atoms with Gasteiger partial charge in [0.25, 0.3) is 0 Å². The van der Waals surface area contributed by atoms with Gasteiger partial charge >= 0.3 is 0 Å². The molecule has 2 aliphatic carbocycles. The molecule has 138 valence electrons. The summed E-state index contributed by atoms with van der Waals surface area (Å²) < 4.78 is 0. The van der Waals surface area contributed by atoms with Crippen LogP contribution in [0.4, 0.5) is 0 Å². The third-order valence-electron chi connectivity index (χ3n) is 6.30. The van der Waals surface area contributed by atoms with E-state index >= 15 is 0 Å². The fourth-order valence-electron chi connectivity index (χ4n) is 4.58. The van der Waals surface area contributed by atoms with Crippen molar-refractivity contribution in [2.45, 2.75) is 63.8 Å². The van der Waals surface area contributed by atoms with Crippen molar-refractivity contribution in [3.05, 3.63) is 71.8 Å². The van der Waals surface area contributed by atoms with Gasteiger partial charge in [-0.1, -0.05) is 60.7 Å². The van der Waals surface area contributed by atoms with Crippen LogP contribution in [-0.4, -0.2) is 22.2 Å². The van der Waals surface area contributed by atoms with Crippen LogP contribution in [0, 0.1) is 11.8 Å². The minimum Gasteiger partial charge on any atom is -0.393 e. The highest BCUT2D eigenvalue weighted by Crippen LogP contribution is 2.41. The molecule has 2 saturated carbocycles. The normalized spacial score (nSPS) is 24.5. The predicted molar refractivity (Wildman–Crippen MR) is 107 cm³/mol. The molecule has 1 atom stereocenters. The van der Waals surface area contributed by atoms with Gasteiger partial charge in [0.15, 0.2) is 0 Å². The first kappa shape index (κ1) is 17.8. The lowest BCUT2D eigenvalue weighted by atomic mass is 9.80. The van der Waals surface area contributed by atoms with Crippen LogP contribution in [0.2, 0.25) is 0 Å². The zero-order valence-electron chi connectivity index (χ0n) is 15.6. The first-order valence-electron chi connectivity index (χ1n) is 10.3. The van der Waals surface area contributed by atoms with E-state index in [1.54, 1.807) is 0 Å². The number of nitrogens with zero attached hydrogens (tertiary/aromatic N) is 1. The summed E-state index contributed by atoms with van der Waals surface area (Å²) in [5.41, 5.74) is 2.78. The largest absolute Gasteiger partial charge is 0.393 e. The number of aliphatic hydroxyl groups is 1. The van der Waals surface area contributed by atoms with Gasteiger partial charge in [-0.15, -0.1) is 0 Å². The van der Waals surface area contributed by atoms with E-state index in [-0.39, 0.29) is 6.10 Å². The minimum absolute atomic E-state index is 0.0346. The summed E-state index contributed by atoms with van der Waals surface area (Å²) >= 11 is 0. The second kappa shape index (κ2) is 8.37. The Hall–Kier alpha value is -1.64. The molecule has 2 aliphatic rings. The average molecular weight is 350 g/mol. The van der Waals surface area contributed by atoms with Crippen LogP contribution in [0.3, 0.4) is 0 Å². The van der Waals surface area contributed by atoms with Crippen molar-refractivity contribution in [2.75, 3.05) is 0 Å². The lowest BCUT2D eigenvalue weighted by Crippen LogP contribution is -2.39. The highest BCUT2D eigenvalue weighted by molar-refractivity contribution is 5.17. The molecule has 0 aliphatic heterocycles. The summed E-state index contributed by atoms with van der Waals surface area (Å²) in [5, 5.41) is 10.5. The summed E-state index contributed by atoms with van der Waals surface area (Å²) in [6.07, 6.45) is 7.25. The Morgan fingerprint density at radius 3 is 1.54 bits per heavy atom. The van der Waals surface area contributed by atoms with Crippen molar-refractivity contribution in [3.63, 3.8) is 0 Å². The molecule has 0 radical (unpaired) electrons. The van der Waals surface area contributed by atoms with E-state index in [4.69, 9.17) is 0 Å². The molecule has 0 bridgehead atoms. The summed E-state index contributed by atoms with van der Waals surface area (Å²) in [6.45, 7) is 2.02. The summed E-state index contributed by atoms with van der Waals surface area (Å²) in [7, 11) is 0. The Morgan fingerprint density at radius 2 is 1.12 bits per heavy atom. The maximum Gasteiger partial charge on any atom is 0.0596 e. The molecule has 2 aromatic carbocycles. The molecule has 2 nitrogen and oxygen atoms in total. The van der Waals surface area contributed by atoms with E-state index in [0.29, 0.717) is 17.9 Å². The standard InChI is InChI=1S/C24H31NO/c26-24(21-11-12-21)22-13-15-23(16-14-22)25(17-19-7-3-1-4-8-19)18-20-9-5-2-6-10-20/h1-10,21-24,26H,11-18H2/t22?,23?,24-/m0/s1. The third-order valence-corrected chi connectivity index (χ3v) is 6.30. The van der Waals surface area contributed by atoms with Gasteiger partial charge in [0.1, 0.15) is 0 Å². The maximum absolute atomic E-state index is 10.5. The molecule has 4 rings (SSSR count). The molecule has 2 heteroatoms. The monoisotopic (exact) mass is 349 g/mol. The van der Waals surface area contributed by atoms with Gasteiger partial charge in [0.05, 0.1) is 6.10 Å². The van der Waals surface area contributed by atoms with E-state index < -0.39 is 0 Å². The lowest BCUT2D eigenvalue weighted by molar-refractivity contribution is 0.0385. The van der Waals surface area contributed by atoms with Gasteiger partial charge in [-0.2, -0.15) is 0 Å². The fraction of sp³-hybridized carbons (Fsp3) is 0.500. The van der Waals surface area contributed by atoms with E-state index in [1.165, 1.54) is 49.7 Å². The van der Waals surface area contributed by atoms with Crippen molar-refractivity contribution in [1.29, 1.82) is 0 Å². The molecule has 0 aromatic heterocycles. The Bertz CT molecular complexity index is 618. The van der Waals surface area contributed by atoms with Crippen LogP contribution in [0.5, 0.6) is 0 Å². The highest BCUT2D eigenvalue weighted by Gasteiger charge is 2.37. The summed E-state index contributed by atoms with van der Waals surface area (Å²) in [5.74, 6) is 1.15. The van der Waals surface area contributed by atoms with Crippen molar-refractivity contribution in [2.24, 2.45) is 11.8 Å². The zero-order chi connectivity index (χ0) is 17.8. The van der Waals surface area contributed by atoms with E-state index in [2.05, 4.69) is 65.6 Å². The van der Waals surface area contributed by atoms with Gasteiger partial charge in [-0.3, -0.25) is 4.90 Å². The smallest absolute Gasteiger partial charge is 0.0596 e. The topological polar surface area (TPSA) is 23.5 Å². The molecule has 0 amide bonds. The predicted octanol–water partition coefficient (Wildman–Crippen LogP) is 5.02. The van der Waals surface area contributed by atoms with Gasteiger partial charge in [-0.05, 0) is 61.5 Å². The second-order valence-corrected chi connectivity index (χ2v) is 8.27. The van der Waals surface area contributed by atoms with Crippen molar-refractivity contribution < 1.29 is 5.11 Å². The number of hydrogen-bond acceptors (Lipinski definition) is 2. The molecule has 2 fully saturated rings. The molecule has 1 N–H and O–H groups in total. The quantitative estimate of drug-likeness (QED) is 0.759. The van der Waals surface area contributed by atoms with Crippen molar-refractivity contribution in [3.8, 4) is 0 Å². The molecule has 0 heterocycles. The number of hydrogen-bond donors (Lipinski definition) is 1. The Balaban J connectivity index is 1.42. The number of aliphatic hydroxyl groups excluding tert-OH is 1.